The number of nitrogens with one attached hydrogen (secondary N) is 2. The summed E-state index contributed by atoms with van der Waals surface area (Å²) in [6.45, 7) is 0.614. The minimum atomic E-state index is -0.761. The highest BCUT2D eigenvalue weighted by Crippen LogP contribution is 3.10. The molecule has 10 rings (SSSR count). The van der Waals surface area contributed by atoms with Crippen molar-refractivity contribution in [3.8, 4) is 5.75 Å². The third-order valence-corrected chi connectivity index (χ3v) is 11.0. The first-order valence-corrected chi connectivity index (χ1v) is 13.4. The molecule has 40 heavy (non-hydrogen) atoms. The predicted molar refractivity (Wildman–Crippen MR) is 131 cm³/mol. The molecular formula is C28H22FN5O6. The van der Waals surface area contributed by atoms with Crippen LogP contribution in [-0.2, 0) is 22.6 Å². The lowest BCUT2D eigenvalue weighted by Gasteiger charge is -3.10. The normalized spacial score (nSPS) is 36.0. The molecule has 0 saturated heterocycles. The Morgan fingerprint density at radius 3 is 2.55 bits per heavy atom. The molecule has 0 atom stereocenters. The van der Waals surface area contributed by atoms with Gasteiger partial charge in [0.1, 0.15) is 23.7 Å². The summed E-state index contributed by atoms with van der Waals surface area (Å²) in [7, 11) is 0. The zero-order chi connectivity index (χ0) is 27.3. The predicted octanol–water partition coefficient (Wildman–Crippen LogP) is 0.855. The molecule has 6 saturated carbocycles. The number of ketones is 1. The van der Waals surface area contributed by atoms with E-state index in [1.54, 1.807) is 18.2 Å². The third-order valence-electron chi connectivity index (χ3n) is 11.0. The molecule has 7 aliphatic rings. The standard InChI is InChI=1S/C28H22FN5O6/c29-13-7-32-34-15(25(37)31-9-27-17-20-18(27)22-19(27)21(17)28(20,22)26(38)39)5-14(33-23(13)34)24(36)30-6-10-1-2-16-11(3-10)4-12(35)8-40-16/h1-3,5,7,17-22H,4,6,8-9H2,(H,30,36)(H,31,37)(H,38,39). The molecular weight excluding hydrogens is 521 g/mol. The highest BCUT2D eigenvalue weighted by atomic mass is 19.1. The van der Waals surface area contributed by atoms with E-state index in [1.807, 2.05) is 0 Å². The molecule has 2 aromatic heterocycles. The average molecular weight is 544 g/mol. The lowest BCUT2D eigenvalue weighted by molar-refractivity contribution is -0.640. The summed E-state index contributed by atoms with van der Waals surface area (Å²) in [5, 5.41) is 19.3. The van der Waals surface area contributed by atoms with Crippen molar-refractivity contribution in [2.45, 2.75) is 13.0 Å². The molecule has 6 fully saturated rings. The Hall–Kier alpha value is -4.35. The molecule has 0 bridgehead atoms. The van der Waals surface area contributed by atoms with Gasteiger partial charge in [0.15, 0.2) is 17.2 Å². The largest absolute Gasteiger partial charge is 0.486 e. The molecule has 0 radical (unpaired) electrons. The number of nitrogens with zero attached hydrogens (tertiary/aromatic N) is 3. The van der Waals surface area contributed by atoms with E-state index in [0.29, 0.717) is 30.0 Å². The first-order valence-electron chi connectivity index (χ1n) is 13.4. The van der Waals surface area contributed by atoms with Crippen LogP contribution in [-0.4, -0.2) is 56.4 Å². The summed E-state index contributed by atoms with van der Waals surface area (Å²) < 4.78 is 21.0. The molecule has 3 aromatic rings. The maximum Gasteiger partial charge on any atom is 0.310 e. The van der Waals surface area contributed by atoms with Crippen LogP contribution in [0.5, 0.6) is 5.75 Å². The van der Waals surface area contributed by atoms with E-state index in [1.165, 1.54) is 6.07 Å². The molecule has 2 amide bonds. The summed E-state index contributed by atoms with van der Waals surface area (Å²) >= 11 is 0. The van der Waals surface area contributed by atoms with Gasteiger partial charge in [-0.15, -0.1) is 0 Å². The van der Waals surface area contributed by atoms with E-state index in [2.05, 4.69) is 20.7 Å². The van der Waals surface area contributed by atoms with Gasteiger partial charge in [-0.25, -0.2) is 13.9 Å². The number of ether oxygens (including phenoxy) is 1. The molecule has 0 spiro atoms. The number of hydrogen-bond donors (Lipinski definition) is 3. The van der Waals surface area contributed by atoms with Crippen LogP contribution in [0.4, 0.5) is 4.39 Å². The first kappa shape index (κ1) is 22.5. The van der Waals surface area contributed by atoms with E-state index in [4.69, 9.17) is 4.74 Å². The number of carbonyl (C=O) groups is 4. The fourth-order valence-corrected chi connectivity index (χ4v) is 9.79. The van der Waals surface area contributed by atoms with Gasteiger partial charge in [-0.1, -0.05) is 6.07 Å². The Labute approximate surface area is 225 Å². The molecule has 3 N–H and O–H groups in total. The molecule has 3 heterocycles. The summed E-state index contributed by atoms with van der Waals surface area (Å²) in [5.74, 6) is -0.000673. The van der Waals surface area contributed by atoms with Gasteiger partial charge in [-0.05, 0) is 58.6 Å². The summed E-state index contributed by atoms with van der Waals surface area (Å²) in [5.41, 5.74) is 0.648. The van der Waals surface area contributed by atoms with Crippen molar-refractivity contribution in [1.29, 1.82) is 0 Å². The van der Waals surface area contributed by atoms with E-state index >= 15 is 0 Å². The summed E-state index contributed by atoms with van der Waals surface area (Å²) in [4.78, 5) is 53.9. The quantitative estimate of drug-likeness (QED) is 0.397. The molecule has 1 aliphatic heterocycles. The van der Waals surface area contributed by atoms with Crippen LogP contribution in [0.15, 0.2) is 30.5 Å². The highest BCUT2D eigenvalue weighted by Gasteiger charge is 3.11. The van der Waals surface area contributed by atoms with Crippen molar-refractivity contribution in [2.75, 3.05) is 13.2 Å². The topological polar surface area (TPSA) is 152 Å². The van der Waals surface area contributed by atoms with Crippen molar-refractivity contribution < 1.29 is 33.4 Å². The zero-order valence-corrected chi connectivity index (χ0v) is 20.9. The van der Waals surface area contributed by atoms with E-state index < -0.39 is 29.0 Å². The Balaban J connectivity index is 0.923. The van der Waals surface area contributed by atoms with Crippen molar-refractivity contribution in [3.05, 3.63) is 58.8 Å². The van der Waals surface area contributed by atoms with Crippen LogP contribution in [0.2, 0.25) is 0 Å². The van der Waals surface area contributed by atoms with Crippen LogP contribution in [0.25, 0.3) is 5.65 Å². The van der Waals surface area contributed by atoms with Crippen molar-refractivity contribution in [3.63, 3.8) is 0 Å². The van der Waals surface area contributed by atoms with Gasteiger partial charge in [0.05, 0.1) is 11.6 Å². The second-order valence-electron chi connectivity index (χ2n) is 12.1. The number of aliphatic carboxylic acids is 1. The minimum absolute atomic E-state index is 0.000887. The number of amides is 2. The van der Waals surface area contributed by atoms with E-state index in [-0.39, 0.29) is 65.6 Å². The molecule has 12 heteroatoms. The number of rotatable bonds is 7. The average Bonchev–Trinajstić information content (AvgIpc) is 3.34. The van der Waals surface area contributed by atoms with Gasteiger partial charge < -0.3 is 20.5 Å². The monoisotopic (exact) mass is 543 g/mol. The van der Waals surface area contributed by atoms with Crippen molar-refractivity contribution in [1.82, 2.24) is 25.2 Å². The number of carbonyl (C=O) groups excluding carboxylic acids is 3. The lowest BCUT2D eigenvalue weighted by atomic mass is 8.92. The maximum atomic E-state index is 14.5. The Morgan fingerprint density at radius 1 is 1.07 bits per heavy atom. The third kappa shape index (κ3) is 2.20. The number of carboxylic acids is 1. The number of hydrogen-bond acceptors (Lipinski definition) is 7. The number of halogens is 1. The maximum absolute atomic E-state index is 14.5. The van der Waals surface area contributed by atoms with Gasteiger partial charge in [-0.2, -0.15) is 5.10 Å². The van der Waals surface area contributed by atoms with E-state index in [9.17, 15) is 28.7 Å². The van der Waals surface area contributed by atoms with Crippen LogP contribution < -0.4 is 15.4 Å². The Kier molecular flexibility index (Phi) is 3.85. The minimum Gasteiger partial charge on any atom is -0.486 e. The molecule has 202 valence electrons. The van der Waals surface area contributed by atoms with Gasteiger partial charge >= 0.3 is 5.97 Å². The lowest BCUT2D eigenvalue weighted by Crippen LogP contribution is -3.11. The van der Waals surface area contributed by atoms with Crippen molar-refractivity contribution >= 4 is 29.2 Å². The smallest absolute Gasteiger partial charge is 0.310 e. The van der Waals surface area contributed by atoms with Gasteiger partial charge in [0.2, 0.25) is 0 Å². The highest BCUT2D eigenvalue weighted by molar-refractivity contribution is 5.98. The van der Waals surface area contributed by atoms with Gasteiger partial charge in [-0.3, -0.25) is 19.2 Å². The Morgan fingerprint density at radius 2 is 1.82 bits per heavy atom. The number of benzene rings is 1. The Bertz CT molecular complexity index is 1710. The van der Waals surface area contributed by atoms with Crippen LogP contribution >= 0.6 is 0 Å². The number of aromatic nitrogens is 3. The second kappa shape index (κ2) is 6.86. The fraction of sp³-hybridized carbons (Fsp3) is 0.429. The van der Waals surface area contributed by atoms with E-state index in [0.717, 1.165) is 21.8 Å². The molecule has 0 unspecified atom stereocenters. The molecule has 1 aromatic carbocycles. The summed E-state index contributed by atoms with van der Waals surface area (Å²) in [6, 6.07) is 6.62. The van der Waals surface area contributed by atoms with Crippen molar-refractivity contribution in [2.24, 2.45) is 46.3 Å². The van der Waals surface area contributed by atoms with Gasteiger partial charge in [0, 0.05) is 31.1 Å². The molecule has 6 aliphatic carbocycles. The zero-order valence-electron chi connectivity index (χ0n) is 20.9. The summed E-state index contributed by atoms with van der Waals surface area (Å²) in [6.07, 6.45) is 1.21. The first-order chi connectivity index (χ1) is 19.3. The number of fused-ring (bicyclic) bond motifs is 2. The van der Waals surface area contributed by atoms with Crippen LogP contribution in [0.3, 0.4) is 0 Å². The number of carboxylic acid groups (broad SMARTS) is 1. The fourth-order valence-electron chi connectivity index (χ4n) is 9.79. The van der Waals surface area contributed by atoms with Crippen LogP contribution in [0, 0.1) is 52.2 Å². The number of Topliss-reactive ketones (excluding diaryl/α,β-unsaturated/α-hetero) is 1. The van der Waals surface area contributed by atoms with Crippen LogP contribution in [0.1, 0.15) is 32.1 Å². The SMILES string of the molecule is O=C1COc2ccc(CNC(=O)c3cc(C(=O)NCC45C6C7C4C4C5C6C74C(=O)O)n4ncc(F)c4n3)cc2C1. The van der Waals surface area contributed by atoms with Gasteiger partial charge in [0.25, 0.3) is 11.8 Å². The molecule has 11 nitrogen and oxygen atoms in total. The second-order valence-corrected chi connectivity index (χ2v) is 12.1.